The fraction of sp³-hybridized carbons (Fsp3) is 0.391. The summed E-state index contributed by atoms with van der Waals surface area (Å²) >= 11 is 0. The number of benzene rings is 1. The van der Waals surface area contributed by atoms with Crippen LogP contribution in [-0.2, 0) is 7.05 Å². The van der Waals surface area contributed by atoms with E-state index in [-0.39, 0.29) is 23.2 Å². The number of carbonyl (C=O) groups is 2. The highest BCUT2D eigenvalue weighted by atomic mass is 16.5. The van der Waals surface area contributed by atoms with Crippen molar-refractivity contribution in [1.29, 1.82) is 0 Å². The third-order valence-electron chi connectivity index (χ3n) is 5.99. The third kappa shape index (κ3) is 4.46. The predicted octanol–water partition coefficient (Wildman–Crippen LogP) is 2.04. The Morgan fingerprint density at radius 1 is 1.26 bits per heavy atom. The second-order valence-corrected chi connectivity index (χ2v) is 8.50. The van der Waals surface area contributed by atoms with Gasteiger partial charge in [0, 0.05) is 43.8 Å². The number of anilines is 3. The molecule has 3 heterocycles. The smallest absolute Gasteiger partial charge is 0.325 e. The summed E-state index contributed by atoms with van der Waals surface area (Å²) in [6.45, 7) is -1.04. The molecule has 0 spiro atoms. The molecule has 0 unspecified atom stereocenters. The molecule has 2 aliphatic rings. The molecule has 0 atom stereocenters. The predicted molar refractivity (Wildman–Crippen MR) is 129 cm³/mol. The first-order valence-corrected chi connectivity index (χ1v) is 11.2. The number of aromatic nitrogens is 5. The van der Waals surface area contributed by atoms with Crippen LogP contribution in [0.25, 0.3) is 11.4 Å². The minimum Gasteiger partial charge on any atom is -0.494 e. The molecule has 12 heteroatoms. The first-order chi connectivity index (χ1) is 18.1. The van der Waals surface area contributed by atoms with Crippen molar-refractivity contribution < 1.29 is 18.4 Å². The van der Waals surface area contributed by atoms with Crippen molar-refractivity contribution in [3.05, 3.63) is 36.3 Å². The molecule has 3 aromatic rings. The number of methoxy groups -OCH3 is 1. The molecule has 2 aromatic heterocycles. The van der Waals surface area contributed by atoms with E-state index in [9.17, 15) is 9.59 Å². The van der Waals surface area contributed by atoms with E-state index in [1.165, 1.54) is 18.1 Å². The van der Waals surface area contributed by atoms with Gasteiger partial charge < -0.3 is 20.3 Å². The molecule has 2 fully saturated rings. The Hall–Kier alpha value is -4.22. The normalized spacial score (nSPS) is 17.1. The van der Waals surface area contributed by atoms with Gasteiger partial charge in [0.15, 0.2) is 23.1 Å². The Bertz CT molecular complexity index is 1370. The van der Waals surface area contributed by atoms with Crippen molar-refractivity contribution in [1.82, 2.24) is 35.2 Å². The molecular formula is C23H27N9O3. The zero-order valence-corrected chi connectivity index (χ0v) is 19.4. The highest BCUT2D eigenvalue weighted by Gasteiger charge is 2.35. The number of hydrogen-bond donors (Lipinski definition) is 2. The van der Waals surface area contributed by atoms with Gasteiger partial charge >= 0.3 is 6.03 Å². The van der Waals surface area contributed by atoms with Crippen LogP contribution in [0, 0.1) is 5.92 Å². The number of ether oxygens (including phenoxy) is 1. The molecule has 1 saturated heterocycles. The van der Waals surface area contributed by atoms with Crippen molar-refractivity contribution in [2.75, 3.05) is 43.9 Å². The van der Waals surface area contributed by atoms with Gasteiger partial charge in [0.2, 0.25) is 0 Å². The zero-order valence-electron chi connectivity index (χ0n) is 22.4. The van der Waals surface area contributed by atoms with Gasteiger partial charge in [0.25, 0.3) is 5.91 Å². The summed E-state index contributed by atoms with van der Waals surface area (Å²) in [7, 11) is 3.24. The van der Waals surface area contributed by atoms with Gasteiger partial charge in [-0.15, -0.1) is 10.2 Å². The maximum absolute atomic E-state index is 13.0. The lowest BCUT2D eigenvalue weighted by molar-refractivity contribution is 0.0958. The van der Waals surface area contributed by atoms with Crippen LogP contribution in [-0.4, -0.2) is 75.5 Å². The summed E-state index contributed by atoms with van der Waals surface area (Å²) in [6.07, 6.45) is 3.81. The summed E-state index contributed by atoms with van der Waals surface area (Å²) in [4.78, 5) is 33.4. The topological polar surface area (TPSA) is 130 Å². The van der Waals surface area contributed by atoms with Crippen molar-refractivity contribution in [2.24, 2.45) is 13.0 Å². The fourth-order valence-electron chi connectivity index (χ4n) is 4.05. The van der Waals surface area contributed by atoms with Crippen LogP contribution >= 0.6 is 0 Å². The van der Waals surface area contributed by atoms with E-state index in [0.717, 1.165) is 12.8 Å². The van der Waals surface area contributed by atoms with Gasteiger partial charge in [-0.1, -0.05) is 6.07 Å². The van der Waals surface area contributed by atoms with Crippen LogP contribution in [0.1, 0.15) is 27.4 Å². The van der Waals surface area contributed by atoms with Crippen LogP contribution in [0.4, 0.5) is 22.0 Å². The summed E-state index contributed by atoms with van der Waals surface area (Å²) in [6, 6.07) is 6.58. The van der Waals surface area contributed by atoms with Crippen LogP contribution in [0.15, 0.2) is 30.6 Å². The first-order valence-electron chi connectivity index (χ1n) is 12.7. The minimum absolute atomic E-state index is 0.148. The van der Waals surface area contributed by atoms with Crippen molar-refractivity contribution >= 4 is 29.1 Å². The Kier molecular flexibility index (Phi) is 5.03. The van der Waals surface area contributed by atoms with Gasteiger partial charge in [-0.2, -0.15) is 5.10 Å². The van der Waals surface area contributed by atoms with E-state index < -0.39 is 12.9 Å². The average molecular weight is 481 g/mol. The molecule has 1 aliphatic heterocycles. The molecule has 182 valence electrons. The van der Waals surface area contributed by atoms with E-state index >= 15 is 0 Å². The van der Waals surface area contributed by atoms with Crippen molar-refractivity contribution in [2.45, 2.75) is 12.8 Å². The van der Waals surface area contributed by atoms with E-state index in [4.69, 9.17) is 8.85 Å². The average Bonchev–Trinajstić information content (AvgIpc) is 3.47. The summed E-state index contributed by atoms with van der Waals surface area (Å²) in [5.41, 5.74) is 0.936. The summed E-state index contributed by atoms with van der Waals surface area (Å²) in [5.74, 6) is 0.660. The van der Waals surface area contributed by atoms with E-state index in [0.29, 0.717) is 48.4 Å². The van der Waals surface area contributed by atoms with Gasteiger partial charge in [-0.05, 0) is 30.9 Å². The molecule has 2 N–H and O–H groups in total. The first kappa shape index (κ1) is 19.1. The number of rotatable bonds is 8. The Labute approximate surface area is 206 Å². The van der Waals surface area contributed by atoms with Crippen molar-refractivity contribution in [3.8, 4) is 17.1 Å². The number of aryl methyl sites for hydroxylation is 1. The Morgan fingerprint density at radius 3 is 2.83 bits per heavy atom. The second kappa shape index (κ2) is 9.20. The number of nitrogens with zero attached hydrogens (tertiary/aromatic N) is 7. The molecule has 0 radical (unpaired) electrons. The molecule has 12 nitrogen and oxygen atoms in total. The fourth-order valence-corrected chi connectivity index (χ4v) is 4.05. The molecule has 0 bridgehead atoms. The molecule has 5 rings (SSSR count). The highest BCUT2D eigenvalue weighted by molar-refractivity contribution is 6.00. The minimum atomic E-state index is -2.73. The van der Waals surface area contributed by atoms with Crippen molar-refractivity contribution in [3.63, 3.8) is 0 Å². The van der Waals surface area contributed by atoms with Gasteiger partial charge in [-0.25, -0.2) is 9.78 Å². The van der Waals surface area contributed by atoms with E-state index in [2.05, 4.69) is 25.6 Å². The number of carbonyl (C=O) groups excluding carboxylic acids is 2. The summed E-state index contributed by atoms with van der Waals surface area (Å²) < 4.78 is 29.5. The lowest BCUT2D eigenvalue weighted by Gasteiger charge is -2.19. The lowest BCUT2D eigenvalue weighted by atomic mass is 10.1. The van der Waals surface area contributed by atoms with Gasteiger partial charge in [0.05, 0.1) is 24.0 Å². The number of nitrogens with one attached hydrogen (secondary N) is 2. The third-order valence-corrected chi connectivity index (χ3v) is 5.99. The maximum atomic E-state index is 13.0. The lowest BCUT2D eigenvalue weighted by Crippen LogP contribution is -2.34. The quantitative estimate of drug-likeness (QED) is 0.501. The molecular weight excluding hydrogens is 450 g/mol. The van der Waals surface area contributed by atoms with Gasteiger partial charge in [0.1, 0.15) is 6.33 Å². The Morgan fingerprint density at radius 2 is 2.11 bits per heavy atom. The highest BCUT2D eigenvalue weighted by Crippen LogP contribution is 2.37. The molecule has 1 aliphatic carbocycles. The van der Waals surface area contributed by atoms with Crippen LogP contribution < -0.4 is 20.3 Å². The standard InChI is InChI=1S/C23H27N9O3/c1-24-22(33)19-17(11-18(27-28-19)32-10-9-31(23(32)34)12-14-7-8-14)26-16-6-4-5-15(20(16)35-3)21-25-13-30(2)29-21/h4-6,11,13-14H,7-10,12H2,1-3H3,(H,24,33)(H,26,27)/i1D3. The van der Waals surface area contributed by atoms with E-state index in [1.54, 1.807) is 41.2 Å². The van der Waals surface area contributed by atoms with Gasteiger partial charge in [-0.3, -0.25) is 14.4 Å². The molecule has 35 heavy (non-hydrogen) atoms. The Balaban J connectivity index is 1.51. The van der Waals surface area contributed by atoms with Crippen LogP contribution in [0.3, 0.4) is 0 Å². The van der Waals surface area contributed by atoms with Crippen LogP contribution in [0.2, 0.25) is 0 Å². The summed E-state index contributed by atoms with van der Waals surface area (Å²) in [5, 5.41) is 17.5. The molecule has 1 aromatic carbocycles. The zero-order chi connectivity index (χ0) is 27.0. The molecule has 3 amide bonds. The number of amides is 3. The second-order valence-electron chi connectivity index (χ2n) is 8.50. The number of hydrogen-bond acceptors (Lipinski definition) is 8. The maximum Gasteiger partial charge on any atom is 0.325 e. The number of para-hydroxylation sites is 1. The van der Waals surface area contributed by atoms with E-state index in [1.807, 2.05) is 5.32 Å². The largest absolute Gasteiger partial charge is 0.494 e. The number of urea groups is 1. The SMILES string of the molecule is [2H]C([2H])([2H])NC(=O)c1nnc(N2CCN(CC3CC3)C2=O)cc1Nc1cccc(-c2ncn(C)n2)c1OC. The molecule has 1 saturated carbocycles. The van der Waals surface area contributed by atoms with Crippen LogP contribution in [0.5, 0.6) is 5.75 Å². The monoisotopic (exact) mass is 480 g/mol.